The first-order valence-electron chi connectivity index (χ1n) is 8.93. The summed E-state index contributed by atoms with van der Waals surface area (Å²) >= 11 is 0. The van der Waals surface area contributed by atoms with E-state index in [-0.39, 0.29) is 0 Å². The first-order chi connectivity index (χ1) is 12.5. The van der Waals surface area contributed by atoms with Gasteiger partial charge in [0.15, 0.2) is 5.92 Å². The van der Waals surface area contributed by atoms with Crippen molar-refractivity contribution in [3.8, 4) is 0 Å². The number of benzene rings is 1. The second-order valence-electron chi connectivity index (χ2n) is 6.77. The minimum atomic E-state index is -1.14. The molecule has 2 heterocycles. The molecule has 1 atom stereocenters. The van der Waals surface area contributed by atoms with E-state index in [1.54, 1.807) is 12.1 Å². The van der Waals surface area contributed by atoms with E-state index in [0.717, 1.165) is 36.4 Å². The van der Waals surface area contributed by atoms with Crippen LogP contribution in [0.15, 0.2) is 36.5 Å². The van der Waals surface area contributed by atoms with Crippen LogP contribution in [0.5, 0.6) is 0 Å². The average molecular weight is 356 g/mol. The molecule has 2 fully saturated rings. The van der Waals surface area contributed by atoms with E-state index in [2.05, 4.69) is 17.3 Å². The molecule has 0 unspecified atom stereocenters. The topological polar surface area (TPSA) is 81.8 Å². The van der Waals surface area contributed by atoms with Crippen molar-refractivity contribution < 1.29 is 14.4 Å². The van der Waals surface area contributed by atoms with Crippen molar-refractivity contribution in [3.05, 3.63) is 42.1 Å². The number of carbonyl (C=O) groups excluding carboxylic acids is 3. The Kier molecular flexibility index (Phi) is 5.37. The van der Waals surface area contributed by atoms with Crippen molar-refractivity contribution in [1.29, 1.82) is 0 Å². The van der Waals surface area contributed by atoms with Crippen LogP contribution in [0.1, 0.15) is 31.2 Å². The number of aryl methyl sites for hydroxylation is 1. The molecule has 7 heteroatoms. The van der Waals surface area contributed by atoms with E-state index in [1.165, 1.54) is 12.8 Å². The fraction of sp³-hybridized carbons (Fsp3) is 0.421. The van der Waals surface area contributed by atoms with Gasteiger partial charge in [-0.1, -0.05) is 37.1 Å². The Morgan fingerprint density at radius 3 is 2.31 bits per heavy atom. The number of hydrazine groups is 1. The number of anilines is 1. The van der Waals surface area contributed by atoms with E-state index in [1.807, 2.05) is 24.1 Å². The van der Waals surface area contributed by atoms with Crippen molar-refractivity contribution >= 4 is 23.5 Å². The van der Waals surface area contributed by atoms with Gasteiger partial charge in [0, 0.05) is 18.8 Å². The number of rotatable bonds is 4. The minimum Gasteiger partial charge on any atom is -0.322 e. The van der Waals surface area contributed by atoms with Crippen LogP contribution in [-0.2, 0) is 9.59 Å². The van der Waals surface area contributed by atoms with Crippen LogP contribution in [0, 0.1) is 12.8 Å². The SMILES string of the molecule is C=C(NN1CCCCCC1)[C@H]1C(=O)NC(=O)N(c2ccc(C)cc2)C1=O. The van der Waals surface area contributed by atoms with Gasteiger partial charge >= 0.3 is 6.03 Å². The van der Waals surface area contributed by atoms with Gasteiger partial charge in [-0.2, -0.15) is 0 Å². The van der Waals surface area contributed by atoms with E-state index >= 15 is 0 Å². The first kappa shape index (κ1) is 18.1. The molecule has 0 aromatic heterocycles. The van der Waals surface area contributed by atoms with Crippen molar-refractivity contribution in [3.63, 3.8) is 0 Å². The highest BCUT2D eigenvalue weighted by atomic mass is 16.2. The fourth-order valence-electron chi connectivity index (χ4n) is 3.27. The average Bonchev–Trinajstić information content (AvgIpc) is 2.84. The smallest absolute Gasteiger partial charge is 0.322 e. The molecular weight excluding hydrogens is 332 g/mol. The van der Waals surface area contributed by atoms with E-state index in [0.29, 0.717) is 11.4 Å². The summed E-state index contributed by atoms with van der Waals surface area (Å²) in [5.41, 5.74) is 4.84. The number of nitrogens with one attached hydrogen (secondary N) is 2. The number of carbonyl (C=O) groups is 3. The van der Waals surface area contributed by atoms with Gasteiger partial charge in [0.25, 0.3) is 5.91 Å². The molecule has 3 rings (SSSR count). The van der Waals surface area contributed by atoms with E-state index in [9.17, 15) is 14.4 Å². The quantitative estimate of drug-likeness (QED) is 0.808. The molecule has 1 aromatic rings. The maximum atomic E-state index is 12.9. The van der Waals surface area contributed by atoms with Crippen LogP contribution >= 0.6 is 0 Å². The molecule has 0 radical (unpaired) electrons. The molecule has 0 aliphatic carbocycles. The number of nitrogens with zero attached hydrogens (tertiary/aromatic N) is 2. The van der Waals surface area contributed by atoms with Gasteiger partial charge in [0.05, 0.1) is 5.69 Å². The third-order valence-electron chi connectivity index (χ3n) is 4.71. The zero-order valence-electron chi connectivity index (χ0n) is 15.0. The van der Waals surface area contributed by atoms with Crippen LogP contribution in [0.4, 0.5) is 10.5 Å². The third kappa shape index (κ3) is 3.77. The van der Waals surface area contributed by atoms with Crippen LogP contribution in [0.2, 0.25) is 0 Å². The lowest BCUT2D eigenvalue weighted by Gasteiger charge is -2.33. The lowest BCUT2D eigenvalue weighted by molar-refractivity contribution is -0.133. The van der Waals surface area contributed by atoms with Crippen LogP contribution in [0.25, 0.3) is 0 Å². The standard InChI is InChI=1S/C19H24N4O3/c1-13-7-9-15(10-8-13)23-18(25)16(17(24)20-19(23)26)14(2)21-22-11-5-3-4-6-12-22/h7-10,16,21H,2-6,11-12H2,1H3,(H,20,24,26)/t16-/m0/s1. The van der Waals surface area contributed by atoms with Crippen molar-refractivity contribution in [2.45, 2.75) is 32.6 Å². The lowest BCUT2D eigenvalue weighted by atomic mass is 10.0. The van der Waals surface area contributed by atoms with Gasteiger partial charge in [-0.05, 0) is 31.9 Å². The molecule has 2 N–H and O–H groups in total. The molecule has 0 saturated carbocycles. The maximum absolute atomic E-state index is 12.9. The number of amides is 4. The Morgan fingerprint density at radius 2 is 1.69 bits per heavy atom. The fourth-order valence-corrected chi connectivity index (χ4v) is 3.27. The van der Waals surface area contributed by atoms with Gasteiger partial charge in [-0.25, -0.2) is 14.7 Å². The second-order valence-corrected chi connectivity index (χ2v) is 6.77. The highest BCUT2D eigenvalue weighted by molar-refractivity contribution is 6.28. The number of barbiturate groups is 1. The van der Waals surface area contributed by atoms with E-state index in [4.69, 9.17) is 0 Å². The summed E-state index contributed by atoms with van der Waals surface area (Å²) in [5, 5.41) is 4.25. The highest BCUT2D eigenvalue weighted by Gasteiger charge is 2.43. The molecule has 7 nitrogen and oxygen atoms in total. The van der Waals surface area contributed by atoms with Gasteiger partial charge in [0.1, 0.15) is 0 Å². The Bertz CT molecular complexity index is 721. The summed E-state index contributed by atoms with van der Waals surface area (Å²) in [6.45, 7) is 7.49. The second kappa shape index (κ2) is 7.70. The van der Waals surface area contributed by atoms with Crippen LogP contribution in [-0.4, -0.2) is 35.9 Å². The normalized spacial score (nSPS) is 22.0. The lowest BCUT2D eigenvalue weighted by Crippen LogP contribution is -2.60. The summed E-state index contributed by atoms with van der Waals surface area (Å²) in [7, 11) is 0. The Morgan fingerprint density at radius 1 is 1.08 bits per heavy atom. The highest BCUT2D eigenvalue weighted by Crippen LogP contribution is 2.24. The Hall–Kier alpha value is -2.67. The van der Waals surface area contributed by atoms with Crippen molar-refractivity contribution in [2.75, 3.05) is 18.0 Å². The summed E-state index contributed by atoms with van der Waals surface area (Å²) in [6.07, 6.45) is 4.45. The molecule has 4 amide bonds. The van der Waals surface area contributed by atoms with Gasteiger partial charge in [0.2, 0.25) is 5.91 Å². The van der Waals surface area contributed by atoms with Gasteiger partial charge in [-0.15, -0.1) is 0 Å². The number of hydrogen-bond acceptors (Lipinski definition) is 5. The molecule has 1 aromatic carbocycles. The molecule has 0 spiro atoms. The molecule has 2 aliphatic rings. The summed E-state index contributed by atoms with van der Waals surface area (Å²) < 4.78 is 0. The maximum Gasteiger partial charge on any atom is 0.335 e. The molecule has 2 aliphatic heterocycles. The number of hydrogen-bond donors (Lipinski definition) is 2. The number of urea groups is 1. The van der Waals surface area contributed by atoms with Crippen LogP contribution < -0.4 is 15.6 Å². The number of imide groups is 2. The predicted molar refractivity (Wildman–Crippen MR) is 98.0 cm³/mol. The first-order valence-corrected chi connectivity index (χ1v) is 8.93. The van der Waals surface area contributed by atoms with Crippen LogP contribution in [0.3, 0.4) is 0 Å². The molecular formula is C19H24N4O3. The largest absolute Gasteiger partial charge is 0.335 e. The predicted octanol–water partition coefficient (Wildman–Crippen LogP) is 2.09. The van der Waals surface area contributed by atoms with Crippen molar-refractivity contribution in [2.24, 2.45) is 5.92 Å². The van der Waals surface area contributed by atoms with Gasteiger partial charge < -0.3 is 5.43 Å². The van der Waals surface area contributed by atoms with E-state index < -0.39 is 23.8 Å². The monoisotopic (exact) mass is 356 g/mol. The molecule has 0 bridgehead atoms. The summed E-state index contributed by atoms with van der Waals surface area (Å²) in [4.78, 5) is 38.4. The zero-order valence-corrected chi connectivity index (χ0v) is 15.0. The summed E-state index contributed by atoms with van der Waals surface area (Å²) in [5.74, 6) is -2.37. The molecule has 26 heavy (non-hydrogen) atoms. The Labute approximate surface area is 153 Å². The molecule has 2 saturated heterocycles. The minimum absolute atomic E-state index is 0.291. The third-order valence-corrected chi connectivity index (χ3v) is 4.71. The zero-order chi connectivity index (χ0) is 18.7. The summed E-state index contributed by atoms with van der Waals surface area (Å²) in [6, 6.07) is 6.26. The molecule has 138 valence electrons. The van der Waals surface area contributed by atoms with Gasteiger partial charge in [-0.3, -0.25) is 14.9 Å². The Balaban J connectivity index is 1.78. The van der Waals surface area contributed by atoms with Crippen molar-refractivity contribution in [1.82, 2.24) is 15.8 Å².